The monoisotopic (exact) mass is 240 g/mol. The van der Waals surface area contributed by atoms with E-state index in [4.69, 9.17) is 0 Å². The molecule has 0 unspecified atom stereocenters. The minimum Gasteiger partial charge on any atom is -0.491 e. The van der Waals surface area contributed by atoms with Crippen LogP contribution < -0.4 is 4.74 Å². The van der Waals surface area contributed by atoms with Gasteiger partial charge in [0, 0.05) is 0 Å². The Hall–Kier alpha value is -0.710. The van der Waals surface area contributed by atoms with Crippen molar-refractivity contribution in [1.82, 2.24) is 0 Å². The Morgan fingerprint density at radius 3 is 2.33 bits per heavy atom. The highest BCUT2D eigenvalue weighted by Gasteiger charge is 2.17. The Labute approximate surface area is 75.3 Å². The van der Waals surface area contributed by atoms with E-state index in [-0.39, 0.29) is 4.47 Å². The van der Waals surface area contributed by atoms with E-state index in [0.29, 0.717) is 0 Å². The standard InChI is InChI=1S/C7H4BrF3O/c1-12-7-4(9)2-3(8)5(10)6(7)11/h2H,1H3. The Morgan fingerprint density at radius 2 is 1.83 bits per heavy atom. The van der Waals surface area contributed by atoms with Crippen LogP contribution in [0.25, 0.3) is 0 Å². The van der Waals surface area contributed by atoms with Crippen LogP contribution in [0.3, 0.4) is 0 Å². The second-order valence-corrected chi connectivity index (χ2v) is 2.86. The molecule has 0 saturated heterocycles. The Bertz CT molecular complexity index is 314. The molecule has 1 rings (SSSR count). The first-order chi connectivity index (χ1) is 5.57. The Kier molecular flexibility index (Phi) is 2.62. The van der Waals surface area contributed by atoms with E-state index >= 15 is 0 Å². The van der Waals surface area contributed by atoms with Gasteiger partial charge >= 0.3 is 0 Å². The minimum atomic E-state index is -1.33. The molecule has 0 aliphatic heterocycles. The fourth-order valence-electron chi connectivity index (χ4n) is 0.737. The van der Waals surface area contributed by atoms with Crippen molar-refractivity contribution >= 4 is 15.9 Å². The van der Waals surface area contributed by atoms with Crippen molar-refractivity contribution in [3.05, 3.63) is 28.0 Å². The van der Waals surface area contributed by atoms with Crippen LogP contribution in [0.4, 0.5) is 13.2 Å². The predicted molar refractivity (Wildman–Crippen MR) is 40.6 cm³/mol. The highest BCUT2D eigenvalue weighted by atomic mass is 79.9. The van der Waals surface area contributed by atoms with Crippen molar-refractivity contribution in [3.8, 4) is 5.75 Å². The summed E-state index contributed by atoms with van der Waals surface area (Å²) < 4.78 is 42.2. The van der Waals surface area contributed by atoms with Gasteiger partial charge in [0.1, 0.15) is 0 Å². The summed E-state index contributed by atoms with van der Waals surface area (Å²) in [5.41, 5.74) is 0. The van der Waals surface area contributed by atoms with E-state index in [1.54, 1.807) is 0 Å². The van der Waals surface area contributed by atoms with E-state index in [2.05, 4.69) is 20.7 Å². The number of hydrogen-bond donors (Lipinski definition) is 0. The molecule has 0 radical (unpaired) electrons. The maximum absolute atomic E-state index is 12.8. The first-order valence-electron chi connectivity index (χ1n) is 2.95. The van der Waals surface area contributed by atoms with E-state index in [0.717, 1.165) is 13.2 Å². The van der Waals surface area contributed by atoms with Crippen LogP contribution >= 0.6 is 15.9 Å². The van der Waals surface area contributed by atoms with Gasteiger partial charge in [-0.05, 0) is 22.0 Å². The number of rotatable bonds is 1. The normalized spacial score (nSPS) is 10.1. The summed E-state index contributed by atoms with van der Waals surface area (Å²) in [5.74, 6) is -4.14. The van der Waals surface area contributed by atoms with E-state index in [1.165, 1.54) is 0 Å². The second kappa shape index (κ2) is 3.35. The average Bonchev–Trinajstić information content (AvgIpc) is 2.01. The third-order valence-corrected chi connectivity index (χ3v) is 1.85. The second-order valence-electron chi connectivity index (χ2n) is 2.00. The molecule has 1 nitrogen and oxygen atoms in total. The minimum absolute atomic E-state index is 0.265. The molecule has 0 fully saturated rings. The molecule has 0 heterocycles. The summed E-state index contributed by atoms with van der Waals surface area (Å²) in [6, 6.07) is 0.803. The molecule has 0 amide bonds. The van der Waals surface area contributed by atoms with Gasteiger partial charge in [-0.15, -0.1) is 0 Å². The number of halogens is 4. The predicted octanol–water partition coefficient (Wildman–Crippen LogP) is 2.88. The van der Waals surface area contributed by atoms with Crippen molar-refractivity contribution in [1.29, 1.82) is 0 Å². The van der Waals surface area contributed by atoms with Crippen LogP contribution in [-0.2, 0) is 0 Å². The largest absolute Gasteiger partial charge is 0.491 e. The Morgan fingerprint density at radius 1 is 1.25 bits per heavy atom. The lowest BCUT2D eigenvalue weighted by Crippen LogP contribution is -1.96. The zero-order chi connectivity index (χ0) is 9.30. The lowest BCUT2D eigenvalue weighted by Gasteiger charge is -2.04. The molecule has 1 aromatic rings. The molecule has 0 aliphatic carbocycles. The van der Waals surface area contributed by atoms with Crippen LogP contribution in [0.1, 0.15) is 0 Å². The van der Waals surface area contributed by atoms with Gasteiger partial charge in [0.2, 0.25) is 5.82 Å². The van der Waals surface area contributed by atoms with Crippen molar-refractivity contribution < 1.29 is 17.9 Å². The fourth-order valence-corrected chi connectivity index (χ4v) is 1.11. The molecule has 12 heavy (non-hydrogen) atoms. The third kappa shape index (κ3) is 1.41. The molecule has 5 heteroatoms. The molecule has 0 aromatic heterocycles. The summed E-state index contributed by atoms with van der Waals surface area (Å²) in [4.78, 5) is 0. The zero-order valence-corrected chi connectivity index (χ0v) is 7.58. The highest BCUT2D eigenvalue weighted by molar-refractivity contribution is 9.10. The highest BCUT2D eigenvalue weighted by Crippen LogP contribution is 2.28. The molecule has 1 aromatic carbocycles. The van der Waals surface area contributed by atoms with Gasteiger partial charge in [-0.3, -0.25) is 0 Å². The van der Waals surface area contributed by atoms with Gasteiger partial charge in [-0.25, -0.2) is 8.78 Å². The van der Waals surface area contributed by atoms with Gasteiger partial charge in [0.05, 0.1) is 11.6 Å². The summed E-state index contributed by atoms with van der Waals surface area (Å²) in [7, 11) is 1.06. The quantitative estimate of drug-likeness (QED) is 0.542. The summed E-state index contributed by atoms with van der Waals surface area (Å²) in [6.45, 7) is 0. The first kappa shape index (κ1) is 9.38. The molecular weight excluding hydrogens is 237 g/mol. The topological polar surface area (TPSA) is 9.23 Å². The number of hydrogen-bond acceptors (Lipinski definition) is 1. The molecule has 0 bridgehead atoms. The van der Waals surface area contributed by atoms with E-state index < -0.39 is 23.2 Å². The van der Waals surface area contributed by atoms with Crippen molar-refractivity contribution in [3.63, 3.8) is 0 Å². The number of ether oxygens (including phenoxy) is 1. The summed E-state index contributed by atoms with van der Waals surface area (Å²) in [6.07, 6.45) is 0. The number of methoxy groups -OCH3 is 1. The van der Waals surface area contributed by atoms with Crippen molar-refractivity contribution in [2.45, 2.75) is 0 Å². The molecule has 0 N–H and O–H groups in total. The van der Waals surface area contributed by atoms with Crippen LogP contribution in [-0.4, -0.2) is 7.11 Å². The smallest absolute Gasteiger partial charge is 0.204 e. The molecule has 0 saturated carbocycles. The van der Waals surface area contributed by atoms with Crippen LogP contribution in [0.2, 0.25) is 0 Å². The third-order valence-electron chi connectivity index (χ3n) is 1.28. The van der Waals surface area contributed by atoms with Gasteiger partial charge in [0.15, 0.2) is 17.4 Å². The van der Waals surface area contributed by atoms with E-state index in [9.17, 15) is 13.2 Å². The molecular formula is C7H4BrF3O. The van der Waals surface area contributed by atoms with E-state index in [1.807, 2.05) is 0 Å². The van der Waals surface area contributed by atoms with Crippen molar-refractivity contribution in [2.75, 3.05) is 7.11 Å². The van der Waals surface area contributed by atoms with Gasteiger partial charge in [0.25, 0.3) is 0 Å². The Balaban J connectivity index is 3.40. The maximum atomic E-state index is 12.8. The zero-order valence-electron chi connectivity index (χ0n) is 6.00. The average molecular weight is 241 g/mol. The molecule has 66 valence electrons. The molecule has 0 aliphatic rings. The van der Waals surface area contributed by atoms with Crippen molar-refractivity contribution in [2.24, 2.45) is 0 Å². The molecule has 0 atom stereocenters. The fraction of sp³-hybridized carbons (Fsp3) is 0.143. The van der Waals surface area contributed by atoms with Gasteiger partial charge in [-0.1, -0.05) is 0 Å². The van der Waals surface area contributed by atoms with Crippen LogP contribution in [0, 0.1) is 17.5 Å². The first-order valence-corrected chi connectivity index (χ1v) is 3.74. The summed E-state index contributed by atoms with van der Waals surface area (Å²) >= 11 is 2.65. The maximum Gasteiger partial charge on any atom is 0.204 e. The lowest BCUT2D eigenvalue weighted by atomic mass is 10.3. The number of benzene rings is 1. The van der Waals surface area contributed by atoms with Crippen LogP contribution in [0.5, 0.6) is 5.75 Å². The lowest BCUT2D eigenvalue weighted by molar-refractivity contribution is 0.345. The van der Waals surface area contributed by atoms with Gasteiger partial charge < -0.3 is 4.74 Å². The summed E-state index contributed by atoms with van der Waals surface area (Å²) in [5, 5.41) is 0. The van der Waals surface area contributed by atoms with Crippen LogP contribution in [0.15, 0.2) is 10.5 Å². The molecule has 0 spiro atoms. The SMILES string of the molecule is COc1c(F)cc(Br)c(F)c1F. The van der Waals surface area contributed by atoms with Gasteiger partial charge in [-0.2, -0.15) is 4.39 Å².